The third kappa shape index (κ3) is 2.56. The molecule has 1 unspecified atom stereocenters. The summed E-state index contributed by atoms with van der Waals surface area (Å²) in [5.74, 6) is 0.381. The maximum absolute atomic E-state index is 12.6. The molecule has 3 heterocycles. The molecule has 2 aromatic rings. The molecular formula is C16H19N5O2. The summed E-state index contributed by atoms with van der Waals surface area (Å²) in [4.78, 5) is 26.4. The van der Waals surface area contributed by atoms with Crippen molar-refractivity contribution in [3.05, 3.63) is 46.1 Å². The molecule has 2 aromatic heterocycles. The fourth-order valence-electron chi connectivity index (χ4n) is 3.11. The zero-order chi connectivity index (χ0) is 16.0. The molecule has 0 aromatic carbocycles. The topological polar surface area (TPSA) is 73.0 Å². The SMILES string of the molecule is Cn1cccc(C(=O)N2CCC(n3cc(C4CC4)nn3)C2)c1=O. The van der Waals surface area contributed by atoms with Gasteiger partial charge in [0.15, 0.2) is 0 Å². The zero-order valence-corrected chi connectivity index (χ0v) is 13.1. The standard InChI is InChI=1S/C16H19N5O2/c1-19-7-2-3-13(15(19)22)16(23)20-8-6-12(9-20)21-10-14(17-18-21)11-4-5-11/h2-3,7,10-12H,4-6,8-9H2,1H3. The van der Waals surface area contributed by atoms with Gasteiger partial charge in [-0.05, 0) is 31.4 Å². The van der Waals surface area contributed by atoms with Crippen molar-refractivity contribution in [2.24, 2.45) is 7.05 Å². The summed E-state index contributed by atoms with van der Waals surface area (Å²) < 4.78 is 3.31. The fraction of sp³-hybridized carbons (Fsp3) is 0.500. The molecule has 1 saturated heterocycles. The lowest BCUT2D eigenvalue weighted by molar-refractivity contribution is 0.0784. The molecule has 0 spiro atoms. The van der Waals surface area contributed by atoms with Gasteiger partial charge in [-0.2, -0.15) is 0 Å². The second-order valence-electron chi connectivity index (χ2n) is 6.43. The second kappa shape index (κ2) is 5.33. The maximum Gasteiger partial charge on any atom is 0.263 e. The van der Waals surface area contributed by atoms with E-state index in [4.69, 9.17) is 0 Å². The molecule has 120 valence electrons. The molecule has 1 saturated carbocycles. The van der Waals surface area contributed by atoms with Gasteiger partial charge in [0.05, 0.1) is 11.7 Å². The summed E-state index contributed by atoms with van der Waals surface area (Å²) in [6, 6.07) is 3.46. The molecule has 1 aliphatic heterocycles. The fourth-order valence-corrected chi connectivity index (χ4v) is 3.11. The Bertz CT molecular complexity index is 805. The predicted octanol–water partition coefficient (Wildman–Crippen LogP) is 0.941. The van der Waals surface area contributed by atoms with Gasteiger partial charge in [-0.3, -0.25) is 9.59 Å². The highest BCUT2D eigenvalue weighted by Crippen LogP contribution is 2.39. The maximum atomic E-state index is 12.6. The van der Waals surface area contributed by atoms with Gasteiger partial charge in [-0.15, -0.1) is 5.10 Å². The molecule has 7 nitrogen and oxygen atoms in total. The Balaban J connectivity index is 1.50. The summed E-state index contributed by atoms with van der Waals surface area (Å²) in [6.45, 7) is 1.21. The van der Waals surface area contributed by atoms with E-state index in [-0.39, 0.29) is 23.1 Å². The van der Waals surface area contributed by atoms with E-state index in [1.165, 1.54) is 17.4 Å². The highest BCUT2D eigenvalue weighted by Gasteiger charge is 2.32. The Morgan fingerprint density at radius 1 is 1.30 bits per heavy atom. The van der Waals surface area contributed by atoms with E-state index in [1.807, 2.05) is 10.9 Å². The van der Waals surface area contributed by atoms with Crippen molar-refractivity contribution in [3.63, 3.8) is 0 Å². The van der Waals surface area contributed by atoms with E-state index in [2.05, 4.69) is 10.3 Å². The summed E-state index contributed by atoms with van der Waals surface area (Å²) in [5, 5.41) is 8.45. The molecule has 1 amide bonds. The summed E-state index contributed by atoms with van der Waals surface area (Å²) in [7, 11) is 1.65. The van der Waals surface area contributed by atoms with Crippen LogP contribution in [0.3, 0.4) is 0 Å². The van der Waals surface area contributed by atoms with Gasteiger partial charge in [0, 0.05) is 38.4 Å². The minimum absolute atomic E-state index is 0.145. The molecule has 2 aliphatic rings. The minimum atomic E-state index is -0.252. The number of aryl methyl sites for hydroxylation is 1. The molecule has 1 aliphatic carbocycles. The summed E-state index contributed by atoms with van der Waals surface area (Å²) in [6.07, 6.45) is 6.90. The largest absolute Gasteiger partial charge is 0.336 e. The lowest BCUT2D eigenvalue weighted by Crippen LogP contribution is -2.34. The number of rotatable bonds is 3. The van der Waals surface area contributed by atoms with E-state index < -0.39 is 0 Å². The van der Waals surface area contributed by atoms with Crippen molar-refractivity contribution in [1.29, 1.82) is 0 Å². The van der Waals surface area contributed by atoms with Gasteiger partial charge >= 0.3 is 0 Å². The molecule has 0 radical (unpaired) electrons. The van der Waals surface area contributed by atoms with Crippen molar-refractivity contribution < 1.29 is 4.79 Å². The van der Waals surface area contributed by atoms with Crippen molar-refractivity contribution in [2.75, 3.05) is 13.1 Å². The lowest BCUT2D eigenvalue weighted by Gasteiger charge is -2.16. The van der Waals surface area contributed by atoms with Crippen molar-refractivity contribution >= 4 is 5.91 Å². The lowest BCUT2D eigenvalue weighted by atomic mass is 10.2. The van der Waals surface area contributed by atoms with Crippen LogP contribution in [0.5, 0.6) is 0 Å². The van der Waals surface area contributed by atoms with E-state index >= 15 is 0 Å². The number of hydrogen-bond acceptors (Lipinski definition) is 4. The van der Waals surface area contributed by atoms with E-state index in [1.54, 1.807) is 30.3 Å². The van der Waals surface area contributed by atoms with E-state index in [0.29, 0.717) is 19.0 Å². The van der Waals surface area contributed by atoms with Crippen LogP contribution >= 0.6 is 0 Å². The third-order valence-electron chi connectivity index (χ3n) is 4.70. The number of aromatic nitrogens is 4. The van der Waals surface area contributed by atoms with Crippen molar-refractivity contribution in [2.45, 2.75) is 31.2 Å². The van der Waals surface area contributed by atoms with Crippen molar-refractivity contribution in [1.82, 2.24) is 24.5 Å². The van der Waals surface area contributed by atoms with Crippen LogP contribution in [-0.4, -0.2) is 43.5 Å². The average molecular weight is 313 g/mol. The van der Waals surface area contributed by atoms with Gasteiger partial charge in [-0.1, -0.05) is 5.21 Å². The molecule has 1 atom stereocenters. The number of carbonyl (C=O) groups is 1. The van der Waals surface area contributed by atoms with Gasteiger partial charge in [0.2, 0.25) is 0 Å². The Hall–Kier alpha value is -2.44. The summed E-state index contributed by atoms with van der Waals surface area (Å²) in [5.41, 5.74) is 1.04. The molecule has 23 heavy (non-hydrogen) atoms. The van der Waals surface area contributed by atoms with E-state index in [9.17, 15) is 9.59 Å². The van der Waals surface area contributed by atoms with Crippen molar-refractivity contribution in [3.8, 4) is 0 Å². The smallest absolute Gasteiger partial charge is 0.263 e. The van der Waals surface area contributed by atoms with Crippen LogP contribution in [0.4, 0.5) is 0 Å². The van der Waals surface area contributed by atoms with E-state index in [0.717, 1.165) is 12.1 Å². The number of amides is 1. The highest BCUT2D eigenvalue weighted by atomic mass is 16.2. The van der Waals surface area contributed by atoms with Crippen LogP contribution in [0.1, 0.15) is 47.3 Å². The normalized spacial score (nSPS) is 20.9. The molecule has 0 N–H and O–H groups in total. The predicted molar refractivity (Wildman–Crippen MR) is 83.2 cm³/mol. The number of likely N-dealkylation sites (tertiary alicyclic amines) is 1. The molecule has 2 fully saturated rings. The average Bonchev–Trinajstić information content (AvgIpc) is 3.09. The van der Waals surface area contributed by atoms with Gasteiger partial charge in [-0.25, -0.2) is 4.68 Å². The molecular weight excluding hydrogens is 294 g/mol. The first-order valence-corrected chi connectivity index (χ1v) is 8.00. The highest BCUT2D eigenvalue weighted by molar-refractivity contribution is 5.94. The van der Waals surface area contributed by atoms with Crippen LogP contribution in [0.25, 0.3) is 0 Å². The van der Waals surface area contributed by atoms with Crippen LogP contribution in [0.2, 0.25) is 0 Å². The number of hydrogen-bond donors (Lipinski definition) is 0. The first-order chi connectivity index (χ1) is 11.1. The Morgan fingerprint density at radius 2 is 2.13 bits per heavy atom. The zero-order valence-electron chi connectivity index (χ0n) is 13.1. The van der Waals surface area contributed by atoms with Crippen LogP contribution in [0.15, 0.2) is 29.3 Å². The van der Waals surface area contributed by atoms with Gasteiger partial charge in [0.25, 0.3) is 11.5 Å². The molecule has 0 bridgehead atoms. The minimum Gasteiger partial charge on any atom is -0.336 e. The third-order valence-corrected chi connectivity index (χ3v) is 4.70. The molecule has 4 rings (SSSR count). The Labute approximate surface area is 133 Å². The number of pyridine rings is 1. The summed E-state index contributed by atoms with van der Waals surface area (Å²) >= 11 is 0. The second-order valence-corrected chi connectivity index (χ2v) is 6.43. The van der Waals surface area contributed by atoms with Crippen LogP contribution in [-0.2, 0) is 7.05 Å². The van der Waals surface area contributed by atoms with Crippen LogP contribution < -0.4 is 5.56 Å². The first-order valence-electron chi connectivity index (χ1n) is 8.00. The monoisotopic (exact) mass is 313 g/mol. The first kappa shape index (κ1) is 14.2. The number of carbonyl (C=O) groups excluding carboxylic acids is 1. The quantitative estimate of drug-likeness (QED) is 0.845. The Kier molecular flexibility index (Phi) is 3.28. The Morgan fingerprint density at radius 3 is 2.91 bits per heavy atom. The van der Waals surface area contributed by atoms with Gasteiger partial charge in [0.1, 0.15) is 5.56 Å². The number of nitrogens with zero attached hydrogens (tertiary/aromatic N) is 5. The molecule has 7 heteroatoms. The van der Waals surface area contributed by atoms with Crippen LogP contribution in [0, 0.1) is 0 Å². The van der Waals surface area contributed by atoms with Gasteiger partial charge < -0.3 is 9.47 Å².